The average Bonchev–Trinajstić information content (AvgIpc) is 2.28. The van der Waals surface area contributed by atoms with E-state index in [4.69, 9.17) is 9.84 Å². The van der Waals surface area contributed by atoms with Crippen LogP contribution >= 0.6 is 0 Å². The number of hydrogen-bond acceptors (Lipinski definition) is 4. The summed E-state index contributed by atoms with van der Waals surface area (Å²) in [5.74, 6) is -1.12. The highest BCUT2D eigenvalue weighted by atomic mass is 16.6. The maximum atomic E-state index is 10.9. The standard InChI is InChI=1S/C11H11NO5/c1-3-7(2)17-8-4-5-10(12(15)16)9(6-8)11(13)14/h3-7H,1H2,2H3,(H,13,14). The van der Waals surface area contributed by atoms with Crippen LogP contribution in [0.4, 0.5) is 5.69 Å². The monoisotopic (exact) mass is 237 g/mol. The summed E-state index contributed by atoms with van der Waals surface area (Å²) in [6, 6.07) is 3.58. The van der Waals surface area contributed by atoms with E-state index in [1.807, 2.05) is 0 Å². The summed E-state index contributed by atoms with van der Waals surface area (Å²) >= 11 is 0. The van der Waals surface area contributed by atoms with Gasteiger partial charge in [-0.2, -0.15) is 0 Å². The van der Waals surface area contributed by atoms with Crippen molar-refractivity contribution in [3.63, 3.8) is 0 Å². The van der Waals surface area contributed by atoms with Gasteiger partial charge in [-0.25, -0.2) is 4.79 Å². The number of ether oxygens (including phenoxy) is 1. The predicted octanol–water partition coefficient (Wildman–Crippen LogP) is 2.25. The quantitative estimate of drug-likeness (QED) is 0.482. The number of carboxylic acid groups (broad SMARTS) is 1. The Morgan fingerprint density at radius 2 is 2.29 bits per heavy atom. The van der Waals surface area contributed by atoms with E-state index >= 15 is 0 Å². The zero-order valence-electron chi connectivity index (χ0n) is 9.12. The fourth-order valence-corrected chi connectivity index (χ4v) is 1.18. The fraction of sp³-hybridized carbons (Fsp3) is 0.182. The maximum absolute atomic E-state index is 10.9. The van der Waals surface area contributed by atoms with Crippen LogP contribution in [0.15, 0.2) is 30.9 Å². The number of hydrogen-bond donors (Lipinski definition) is 1. The van der Waals surface area contributed by atoms with Crippen molar-refractivity contribution in [3.05, 3.63) is 46.5 Å². The number of rotatable bonds is 5. The lowest BCUT2D eigenvalue weighted by Crippen LogP contribution is -2.09. The van der Waals surface area contributed by atoms with Crippen molar-refractivity contribution >= 4 is 11.7 Å². The smallest absolute Gasteiger partial charge is 0.342 e. The molecule has 0 saturated carbocycles. The Labute approximate surface area is 97.3 Å². The molecular formula is C11H11NO5. The first-order valence-electron chi connectivity index (χ1n) is 4.76. The molecule has 1 atom stereocenters. The van der Waals surface area contributed by atoms with Crippen molar-refractivity contribution in [2.75, 3.05) is 0 Å². The van der Waals surface area contributed by atoms with E-state index in [0.717, 1.165) is 12.1 Å². The van der Waals surface area contributed by atoms with Crippen molar-refractivity contribution in [1.82, 2.24) is 0 Å². The molecule has 1 unspecified atom stereocenters. The van der Waals surface area contributed by atoms with Crippen molar-refractivity contribution in [3.8, 4) is 5.75 Å². The molecule has 1 rings (SSSR count). The second-order valence-corrected chi connectivity index (χ2v) is 3.30. The number of nitro benzene ring substituents is 1. The lowest BCUT2D eigenvalue weighted by molar-refractivity contribution is -0.385. The van der Waals surface area contributed by atoms with Crippen LogP contribution in [0.2, 0.25) is 0 Å². The first kappa shape index (κ1) is 12.7. The zero-order valence-corrected chi connectivity index (χ0v) is 9.12. The van der Waals surface area contributed by atoms with Gasteiger partial charge in [0.2, 0.25) is 0 Å². The molecule has 0 amide bonds. The van der Waals surface area contributed by atoms with Gasteiger partial charge in [-0.3, -0.25) is 10.1 Å². The highest BCUT2D eigenvalue weighted by molar-refractivity contribution is 5.92. The summed E-state index contributed by atoms with van der Waals surface area (Å²) in [5, 5.41) is 19.5. The second-order valence-electron chi connectivity index (χ2n) is 3.30. The summed E-state index contributed by atoms with van der Waals surface area (Å²) < 4.78 is 5.29. The molecule has 0 aromatic heterocycles. The molecule has 0 aliphatic heterocycles. The van der Waals surface area contributed by atoms with E-state index in [1.165, 1.54) is 12.1 Å². The molecule has 1 aromatic rings. The lowest BCUT2D eigenvalue weighted by atomic mass is 10.1. The fourth-order valence-electron chi connectivity index (χ4n) is 1.18. The van der Waals surface area contributed by atoms with Crippen LogP contribution in [-0.4, -0.2) is 22.1 Å². The zero-order chi connectivity index (χ0) is 13.0. The first-order valence-corrected chi connectivity index (χ1v) is 4.76. The van der Waals surface area contributed by atoms with Crippen LogP contribution in [0.1, 0.15) is 17.3 Å². The highest BCUT2D eigenvalue weighted by Crippen LogP contribution is 2.24. The molecular weight excluding hydrogens is 226 g/mol. The SMILES string of the molecule is C=CC(C)Oc1ccc([N+](=O)[O-])c(C(=O)O)c1. The summed E-state index contributed by atoms with van der Waals surface area (Å²) in [6.07, 6.45) is 1.22. The van der Waals surface area contributed by atoms with E-state index in [-0.39, 0.29) is 11.9 Å². The van der Waals surface area contributed by atoms with Gasteiger partial charge in [0.25, 0.3) is 5.69 Å². The van der Waals surface area contributed by atoms with Crippen LogP contribution < -0.4 is 4.74 Å². The van der Waals surface area contributed by atoms with E-state index in [9.17, 15) is 14.9 Å². The summed E-state index contributed by atoms with van der Waals surface area (Å²) in [7, 11) is 0. The average molecular weight is 237 g/mol. The van der Waals surface area contributed by atoms with E-state index < -0.39 is 22.1 Å². The molecule has 0 radical (unpaired) electrons. The van der Waals surface area contributed by atoms with Gasteiger partial charge in [-0.05, 0) is 13.0 Å². The summed E-state index contributed by atoms with van der Waals surface area (Å²) in [4.78, 5) is 20.7. The van der Waals surface area contributed by atoms with Crippen molar-refractivity contribution in [2.45, 2.75) is 13.0 Å². The number of benzene rings is 1. The van der Waals surface area contributed by atoms with Gasteiger partial charge in [0, 0.05) is 12.1 Å². The van der Waals surface area contributed by atoms with Crippen molar-refractivity contribution < 1.29 is 19.6 Å². The van der Waals surface area contributed by atoms with Gasteiger partial charge in [0.1, 0.15) is 17.4 Å². The minimum Gasteiger partial charge on any atom is -0.487 e. The van der Waals surface area contributed by atoms with Gasteiger partial charge >= 0.3 is 5.97 Å². The molecule has 17 heavy (non-hydrogen) atoms. The molecule has 0 aliphatic rings. The Bertz CT molecular complexity index is 469. The number of carbonyl (C=O) groups is 1. The van der Waals surface area contributed by atoms with Crippen LogP contribution in [0.3, 0.4) is 0 Å². The van der Waals surface area contributed by atoms with E-state index in [0.29, 0.717) is 0 Å². The van der Waals surface area contributed by atoms with Crippen molar-refractivity contribution in [2.24, 2.45) is 0 Å². The highest BCUT2D eigenvalue weighted by Gasteiger charge is 2.20. The Balaban J connectivity index is 3.14. The van der Waals surface area contributed by atoms with E-state index in [2.05, 4.69) is 6.58 Å². The molecule has 0 spiro atoms. The molecule has 1 N–H and O–H groups in total. The first-order chi connectivity index (χ1) is 7.95. The third-order valence-electron chi connectivity index (χ3n) is 2.05. The summed E-state index contributed by atoms with van der Waals surface area (Å²) in [6.45, 7) is 5.23. The molecule has 6 heteroatoms. The Kier molecular flexibility index (Phi) is 3.82. The Hall–Kier alpha value is -2.37. The third kappa shape index (κ3) is 3.04. The van der Waals surface area contributed by atoms with Gasteiger partial charge in [0.15, 0.2) is 0 Å². The van der Waals surface area contributed by atoms with Crippen LogP contribution in [0.5, 0.6) is 5.75 Å². The summed E-state index contributed by atoms with van der Waals surface area (Å²) in [5.41, 5.74) is -0.861. The number of carboxylic acids is 1. The van der Waals surface area contributed by atoms with Crippen LogP contribution in [0, 0.1) is 10.1 Å². The van der Waals surface area contributed by atoms with Crippen LogP contribution in [-0.2, 0) is 0 Å². The Morgan fingerprint density at radius 3 is 2.76 bits per heavy atom. The molecule has 0 aliphatic carbocycles. The van der Waals surface area contributed by atoms with Gasteiger partial charge in [-0.1, -0.05) is 12.7 Å². The van der Waals surface area contributed by atoms with E-state index in [1.54, 1.807) is 6.92 Å². The minimum atomic E-state index is -1.37. The third-order valence-corrected chi connectivity index (χ3v) is 2.05. The number of aromatic carboxylic acids is 1. The number of nitro groups is 1. The normalized spacial score (nSPS) is 11.6. The predicted molar refractivity (Wildman–Crippen MR) is 60.3 cm³/mol. The maximum Gasteiger partial charge on any atom is 0.342 e. The van der Waals surface area contributed by atoms with Crippen LogP contribution in [0.25, 0.3) is 0 Å². The van der Waals surface area contributed by atoms with Crippen molar-refractivity contribution in [1.29, 1.82) is 0 Å². The topological polar surface area (TPSA) is 89.7 Å². The second kappa shape index (κ2) is 5.11. The van der Waals surface area contributed by atoms with Gasteiger partial charge < -0.3 is 9.84 Å². The molecule has 0 heterocycles. The molecule has 1 aromatic carbocycles. The lowest BCUT2D eigenvalue weighted by Gasteiger charge is -2.10. The molecule has 90 valence electrons. The Morgan fingerprint density at radius 1 is 1.65 bits per heavy atom. The minimum absolute atomic E-state index is 0.250. The molecule has 0 saturated heterocycles. The molecule has 0 bridgehead atoms. The van der Waals surface area contributed by atoms with Gasteiger partial charge in [0.05, 0.1) is 4.92 Å². The molecule has 6 nitrogen and oxygen atoms in total. The largest absolute Gasteiger partial charge is 0.487 e. The van der Waals surface area contributed by atoms with Gasteiger partial charge in [-0.15, -0.1) is 0 Å². The molecule has 0 fully saturated rings. The number of nitrogens with zero attached hydrogens (tertiary/aromatic N) is 1.